The number of esters is 3. The molecule has 0 amide bonds. The largest absolute Gasteiger partial charge is 0.506 e. The molecule has 0 bridgehead atoms. The molecule has 0 aliphatic heterocycles. The van der Waals surface area contributed by atoms with E-state index in [1.807, 2.05) is 6.92 Å². The van der Waals surface area contributed by atoms with Gasteiger partial charge in [-0.25, -0.2) is 9.78 Å². The summed E-state index contributed by atoms with van der Waals surface area (Å²) in [5.41, 5.74) is 0.432. The second-order valence-corrected chi connectivity index (χ2v) is 8.84. The van der Waals surface area contributed by atoms with Crippen molar-refractivity contribution in [2.24, 2.45) is 10.2 Å². The van der Waals surface area contributed by atoms with E-state index < -0.39 is 17.9 Å². The lowest BCUT2D eigenvalue weighted by Crippen LogP contribution is -2.29. The molecular weight excluding hydrogens is 538 g/mol. The van der Waals surface area contributed by atoms with Gasteiger partial charge in [-0.3, -0.25) is 9.59 Å². The van der Waals surface area contributed by atoms with Crippen LogP contribution in [-0.2, 0) is 28.6 Å². The molecule has 12 nitrogen and oxygen atoms in total. The molecule has 1 aromatic heterocycles. The molecule has 202 valence electrons. The van der Waals surface area contributed by atoms with Crippen molar-refractivity contribution in [2.75, 3.05) is 38.8 Å². The van der Waals surface area contributed by atoms with E-state index in [9.17, 15) is 24.8 Å². The van der Waals surface area contributed by atoms with Crippen molar-refractivity contribution in [3.63, 3.8) is 0 Å². The Hall–Kier alpha value is -4.02. The highest BCUT2D eigenvalue weighted by atomic mass is 35.5. The first-order valence-corrected chi connectivity index (χ1v) is 12.5. The van der Waals surface area contributed by atoms with Crippen molar-refractivity contribution in [3.8, 4) is 11.8 Å². The number of phenolic OH excluding ortho intramolecular Hbond substituents is 1. The monoisotopic (exact) mass is 563 g/mol. The molecule has 1 aromatic carbocycles. The van der Waals surface area contributed by atoms with Crippen LogP contribution in [0.4, 0.5) is 16.5 Å². The average molecular weight is 564 g/mol. The van der Waals surface area contributed by atoms with Gasteiger partial charge in [-0.15, -0.1) is 10.2 Å². The van der Waals surface area contributed by atoms with E-state index in [1.165, 1.54) is 32.4 Å². The third-order valence-corrected chi connectivity index (χ3v) is 6.13. The van der Waals surface area contributed by atoms with Crippen molar-refractivity contribution in [1.29, 1.82) is 5.26 Å². The van der Waals surface area contributed by atoms with Gasteiger partial charge in [0.1, 0.15) is 28.2 Å². The number of hydrogen-bond donors (Lipinski definition) is 1. The lowest BCUT2D eigenvalue weighted by atomic mass is 10.2. The minimum atomic E-state index is -0.765. The normalized spacial score (nSPS) is 11.2. The van der Waals surface area contributed by atoms with E-state index in [4.69, 9.17) is 16.3 Å². The molecular formula is C24H26ClN5O7S. The first kappa shape index (κ1) is 30.2. The summed E-state index contributed by atoms with van der Waals surface area (Å²) in [6, 6.07) is 6.35. The quantitative estimate of drug-likeness (QED) is 0.119. The Balaban J connectivity index is 2.21. The van der Waals surface area contributed by atoms with E-state index in [0.29, 0.717) is 17.0 Å². The van der Waals surface area contributed by atoms with Gasteiger partial charge in [-0.2, -0.15) is 5.26 Å². The highest BCUT2D eigenvalue weighted by Crippen LogP contribution is 2.35. The predicted octanol–water partition coefficient (Wildman–Crippen LogP) is 4.71. The summed E-state index contributed by atoms with van der Waals surface area (Å²) >= 11 is 7.10. The number of aromatic nitrogens is 1. The summed E-state index contributed by atoms with van der Waals surface area (Å²) in [4.78, 5) is 41.2. The molecule has 0 aliphatic rings. The van der Waals surface area contributed by atoms with Crippen LogP contribution in [0.1, 0.15) is 31.1 Å². The zero-order valence-electron chi connectivity index (χ0n) is 21.0. The van der Waals surface area contributed by atoms with Gasteiger partial charge in [0.2, 0.25) is 5.13 Å². The Bertz CT molecular complexity index is 1240. The third-order valence-electron chi connectivity index (χ3n) is 4.85. The summed E-state index contributed by atoms with van der Waals surface area (Å²) in [6.45, 7) is 2.51. The van der Waals surface area contributed by atoms with E-state index in [2.05, 4.69) is 24.7 Å². The summed E-state index contributed by atoms with van der Waals surface area (Å²) in [6.07, 6.45) is 2.03. The smallest absolute Gasteiger partial charge is 0.348 e. The fourth-order valence-corrected chi connectivity index (χ4v) is 3.91. The summed E-state index contributed by atoms with van der Waals surface area (Å²) < 4.78 is 14.3. The number of phenols is 1. The zero-order valence-corrected chi connectivity index (χ0v) is 22.5. The number of halogens is 1. The maximum absolute atomic E-state index is 12.0. The number of azo groups is 1. The highest BCUT2D eigenvalue weighted by Gasteiger charge is 2.16. The van der Waals surface area contributed by atoms with Gasteiger partial charge in [0.15, 0.2) is 0 Å². The number of thiazole rings is 1. The topological polar surface area (TPSA) is 164 Å². The van der Waals surface area contributed by atoms with Crippen LogP contribution >= 0.6 is 22.9 Å². The number of benzene rings is 1. The first-order valence-electron chi connectivity index (χ1n) is 11.3. The number of rotatable bonds is 13. The van der Waals surface area contributed by atoms with Crippen LogP contribution in [0, 0.1) is 11.3 Å². The fraction of sp³-hybridized carbons (Fsp3) is 0.375. The van der Waals surface area contributed by atoms with Gasteiger partial charge in [0, 0.05) is 24.8 Å². The highest BCUT2D eigenvalue weighted by molar-refractivity contribution is 7.16. The number of hydrogen-bond acceptors (Lipinski definition) is 13. The number of carbonyl (C=O) groups excluding carboxylic acids is 3. The minimum Gasteiger partial charge on any atom is -0.506 e. The first-order chi connectivity index (χ1) is 18.2. The van der Waals surface area contributed by atoms with Gasteiger partial charge < -0.3 is 24.2 Å². The summed E-state index contributed by atoms with van der Waals surface area (Å²) in [7, 11) is 2.57. The number of nitriles is 1. The van der Waals surface area contributed by atoms with Crippen molar-refractivity contribution < 1.29 is 33.7 Å². The second kappa shape index (κ2) is 15.3. The maximum atomic E-state index is 12.0. The van der Waals surface area contributed by atoms with Gasteiger partial charge >= 0.3 is 17.9 Å². The van der Waals surface area contributed by atoms with E-state index in [0.717, 1.165) is 11.3 Å². The molecule has 38 heavy (non-hydrogen) atoms. The molecule has 2 aromatic rings. The Kier molecular flexibility index (Phi) is 12.1. The van der Waals surface area contributed by atoms with E-state index in [1.54, 1.807) is 17.0 Å². The number of anilines is 1. The molecule has 0 fully saturated rings. The molecule has 0 unspecified atom stereocenters. The second-order valence-electron chi connectivity index (χ2n) is 7.47. The van der Waals surface area contributed by atoms with Crippen LogP contribution in [0.2, 0.25) is 5.15 Å². The minimum absolute atomic E-state index is 0.0198. The summed E-state index contributed by atoms with van der Waals surface area (Å²) in [5.74, 6) is -1.81. The molecule has 1 N–H and O–H groups in total. The van der Waals surface area contributed by atoms with Crippen molar-refractivity contribution in [1.82, 2.24) is 4.98 Å². The molecule has 2 rings (SSSR count). The molecule has 1 heterocycles. The third kappa shape index (κ3) is 9.13. The average Bonchev–Trinajstić information content (AvgIpc) is 3.27. The Morgan fingerprint density at radius 1 is 1.18 bits per heavy atom. The van der Waals surface area contributed by atoms with Crippen LogP contribution in [0.5, 0.6) is 5.75 Å². The molecule has 0 aliphatic carbocycles. The number of nitrogens with zero attached hydrogens (tertiary/aromatic N) is 5. The molecule has 0 spiro atoms. The lowest BCUT2D eigenvalue weighted by molar-refractivity contribution is -0.140. The van der Waals surface area contributed by atoms with Crippen molar-refractivity contribution in [2.45, 2.75) is 26.2 Å². The van der Waals surface area contributed by atoms with Crippen LogP contribution in [-0.4, -0.2) is 61.9 Å². The van der Waals surface area contributed by atoms with Crippen molar-refractivity contribution in [3.05, 3.63) is 33.8 Å². The van der Waals surface area contributed by atoms with Crippen LogP contribution < -0.4 is 4.90 Å². The lowest BCUT2D eigenvalue weighted by Gasteiger charge is -2.24. The van der Waals surface area contributed by atoms with Gasteiger partial charge in [0.25, 0.3) is 0 Å². The van der Waals surface area contributed by atoms with E-state index >= 15 is 0 Å². The van der Waals surface area contributed by atoms with Gasteiger partial charge in [0.05, 0.1) is 38.5 Å². The SMILES string of the molecule is CCCOC(=O)/C(C#N)=C/c1sc(N=Nc2ccc(N(CCC(=O)OC)CCC(=O)OC)cc2O)nc1Cl. The standard InChI is InChI=1S/C24H26ClN5O7S/c1-4-11-37-23(34)15(14-26)12-19-22(25)27-24(38-19)29-28-17-6-5-16(13-18(17)31)30(9-7-20(32)35-2)10-8-21(33)36-3/h5-6,12-13,31H,4,7-11H2,1-3H3/b15-12+,29-28?. The zero-order chi connectivity index (χ0) is 28.1. The fourth-order valence-electron chi connectivity index (χ4n) is 2.89. The Morgan fingerprint density at radius 2 is 1.84 bits per heavy atom. The predicted molar refractivity (Wildman–Crippen MR) is 140 cm³/mol. The molecule has 0 saturated heterocycles. The molecule has 14 heteroatoms. The number of ether oxygens (including phenoxy) is 3. The Morgan fingerprint density at radius 3 is 2.39 bits per heavy atom. The van der Waals surface area contributed by atoms with Crippen LogP contribution in [0.15, 0.2) is 34.0 Å². The van der Waals surface area contributed by atoms with E-state index in [-0.39, 0.29) is 59.8 Å². The van der Waals surface area contributed by atoms with Gasteiger partial charge in [-0.05, 0) is 24.6 Å². The summed E-state index contributed by atoms with van der Waals surface area (Å²) in [5, 5.41) is 27.9. The van der Waals surface area contributed by atoms with Gasteiger partial charge in [-0.1, -0.05) is 29.9 Å². The van der Waals surface area contributed by atoms with Crippen LogP contribution in [0.3, 0.4) is 0 Å². The molecule has 0 atom stereocenters. The maximum Gasteiger partial charge on any atom is 0.348 e. The van der Waals surface area contributed by atoms with Crippen molar-refractivity contribution >= 4 is 63.4 Å². The van der Waals surface area contributed by atoms with Crippen LogP contribution in [0.25, 0.3) is 6.08 Å². The number of aromatic hydroxyl groups is 1. The molecule has 0 radical (unpaired) electrons. The molecule has 0 saturated carbocycles. The number of carbonyl (C=O) groups is 3. The Labute approximate surface area is 228 Å². The number of methoxy groups -OCH3 is 2.